The summed E-state index contributed by atoms with van der Waals surface area (Å²) >= 11 is 7.36. The van der Waals surface area contributed by atoms with Crippen molar-refractivity contribution >= 4 is 29.3 Å². The van der Waals surface area contributed by atoms with Crippen LogP contribution in [0.2, 0.25) is 5.02 Å². The number of hydrogen-bond acceptors (Lipinski definition) is 5. The summed E-state index contributed by atoms with van der Waals surface area (Å²) in [4.78, 5) is 12.2. The van der Waals surface area contributed by atoms with Crippen LogP contribution in [0.1, 0.15) is 5.56 Å². The first-order valence-corrected chi connectivity index (χ1v) is 10.6. The van der Waals surface area contributed by atoms with Crippen molar-refractivity contribution in [3.8, 4) is 11.4 Å². The Hall–Kier alpha value is -2.35. The molecule has 0 saturated carbocycles. The lowest BCUT2D eigenvalue weighted by Crippen LogP contribution is -2.27. The van der Waals surface area contributed by atoms with Crippen molar-refractivity contribution in [3.05, 3.63) is 65.2 Å². The van der Waals surface area contributed by atoms with E-state index in [9.17, 15) is 4.79 Å². The van der Waals surface area contributed by atoms with Gasteiger partial charge < -0.3 is 10.1 Å². The Labute approximate surface area is 179 Å². The maximum absolute atomic E-state index is 12.2. The summed E-state index contributed by atoms with van der Waals surface area (Å²) in [5.74, 6) is 1.00. The van der Waals surface area contributed by atoms with Crippen molar-refractivity contribution in [1.29, 1.82) is 0 Å². The number of methoxy groups -OCH3 is 1. The van der Waals surface area contributed by atoms with Gasteiger partial charge in [-0.25, -0.2) is 0 Å². The second-order valence-electron chi connectivity index (χ2n) is 6.34. The quantitative estimate of drug-likeness (QED) is 0.497. The number of ether oxygens (including phenoxy) is 1. The average molecular weight is 431 g/mol. The van der Waals surface area contributed by atoms with Gasteiger partial charge in [-0.3, -0.25) is 9.36 Å². The monoisotopic (exact) mass is 430 g/mol. The number of carbonyl (C=O) groups is 1. The van der Waals surface area contributed by atoms with Gasteiger partial charge in [0.2, 0.25) is 5.91 Å². The lowest BCUT2D eigenvalue weighted by atomic mass is 10.1. The number of benzene rings is 2. The number of rotatable bonds is 10. The molecule has 29 heavy (non-hydrogen) atoms. The van der Waals surface area contributed by atoms with Gasteiger partial charge in [-0.05, 0) is 24.1 Å². The molecule has 0 aliphatic heterocycles. The van der Waals surface area contributed by atoms with Crippen LogP contribution in [-0.4, -0.2) is 46.7 Å². The van der Waals surface area contributed by atoms with E-state index in [2.05, 4.69) is 15.5 Å². The molecule has 0 fully saturated rings. The van der Waals surface area contributed by atoms with Crippen LogP contribution >= 0.6 is 23.4 Å². The third-order valence-electron chi connectivity index (χ3n) is 4.23. The Morgan fingerprint density at radius 1 is 1.17 bits per heavy atom. The topological polar surface area (TPSA) is 69.0 Å². The molecule has 3 rings (SSSR count). The fourth-order valence-corrected chi connectivity index (χ4v) is 3.81. The van der Waals surface area contributed by atoms with Gasteiger partial charge in [0.05, 0.1) is 18.9 Å². The summed E-state index contributed by atoms with van der Waals surface area (Å²) in [5.41, 5.74) is 2.08. The van der Waals surface area contributed by atoms with Gasteiger partial charge >= 0.3 is 0 Å². The van der Waals surface area contributed by atoms with Crippen LogP contribution in [0.25, 0.3) is 11.4 Å². The smallest absolute Gasteiger partial charge is 0.230 e. The molecular formula is C21H23ClN4O2S. The zero-order chi connectivity index (χ0) is 20.5. The minimum atomic E-state index is -0.0421. The second-order valence-corrected chi connectivity index (χ2v) is 7.71. The summed E-state index contributed by atoms with van der Waals surface area (Å²) in [7, 11) is 1.66. The molecule has 152 valence electrons. The predicted octanol–water partition coefficient (Wildman–Crippen LogP) is 3.70. The molecule has 8 heteroatoms. The van der Waals surface area contributed by atoms with Crippen molar-refractivity contribution in [2.24, 2.45) is 0 Å². The molecule has 3 aromatic rings. The van der Waals surface area contributed by atoms with Gasteiger partial charge in [-0.1, -0.05) is 65.8 Å². The van der Waals surface area contributed by atoms with E-state index in [1.807, 2.05) is 59.2 Å². The normalized spacial score (nSPS) is 10.8. The van der Waals surface area contributed by atoms with Crippen LogP contribution in [0.15, 0.2) is 59.8 Å². The molecule has 0 atom stereocenters. The maximum atomic E-state index is 12.2. The number of aromatic nitrogens is 3. The molecule has 1 N–H and O–H groups in total. The third-order valence-corrected chi connectivity index (χ3v) is 5.43. The highest BCUT2D eigenvalue weighted by Gasteiger charge is 2.15. The number of thioether (sulfide) groups is 1. The van der Waals surface area contributed by atoms with Crippen LogP contribution in [0, 0.1) is 0 Å². The van der Waals surface area contributed by atoms with Crippen molar-refractivity contribution in [2.75, 3.05) is 26.0 Å². The maximum Gasteiger partial charge on any atom is 0.230 e. The minimum absolute atomic E-state index is 0.0421. The van der Waals surface area contributed by atoms with Crippen LogP contribution in [-0.2, 0) is 22.5 Å². The van der Waals surface area contributed by atoms with E-state index < -0.39 is 0 Å². The van der Waals surface area contributed by atoms with Gasteiger partial charge in [0.1, 0.15) is 0 Å². The van der Waals surface area contributed by atoms with Crippen LogP contribution in [0.5, 0.6) is 0 Å². The molecule has 0 radical (unpaired) electrons. The molecule has 6 nitrogen and oxygen atoms in total. The van der Waals surface area contributed by atoms with Crippen molar-refractivity contribution in [2.45, 2.75) is 18.1 Å². The third kappa shape index (κ3) is 6.32. The van der Waals surface area contributed by atoms with E-state index in [4.69, 9.17) is 16.3 Å². The first-order valence-electron chi connectivity index (χ1n) is 9.29. The van der Waals surface area contributed by atoms with Crippen LogP contribution < -0.4 is 5.32 Å². The van der Waals surface area contributed by atoms with Crippen molar-refractivity contribution in [1.82, 2.24) is 20.1 Å². The summed E-state index contributed by atoms with van der Waals surface area (Å²) in [6.07, 6.45) is 0.735. The summed E-state index contributed by atoms with van der Waals surface area (Å²) < 4.78 is 7.20. The van der Waals surface area contributed by atoms with E-state index >= 15 is 0 Å². The summed E-state index contributed by atoms with van der Waals surface area (Å²) in [6, 6.07) is 17.5. The summed E-state index contributed by atoms with van der Waals surface area (Å²) in [6.45, 7) is 1.72. The molecule has 0 spiro atoms. The lowest BCUT2D eigenvalue weighted by molar-refractivity contribution is -0.118. The Kier molecular flexibility index (Phi) is 8.10. The first-order chi connectivity index (χ1) is 14.2. The van der Waals surface area contributed by atoms with E-state index in [-0.39, 0.29) is 11.7 Å². The Bertz CT molecular complexity index is 933. The first kappa shape index (κ1) is 21.4. The molecule has 0 aliphatic carbocycles. The molecule has 0 bridgehead atoms. The summed E-state index contributed by atoms with van der Waals surface area (Å²) in [5, 5.41) is 12.9. The van der Waals surface area contributed by atoms with Crippen LogP contribution in [0.3, 0.4) is 0 Å². The molecule has 1 aromatic heterocycles. The lowest BCUT2D eigenvalue weighted by Gasteiger charge is -2.10. The zero-order valence-corrected chi connectivity index (χ0v) is 17.7. The molecule has 1 amide bonds. The predicted molar refractivity (Wildman–Crippen MR) is 116 cm³/mol. The Balaban J connectivity index is 1.56. The number of nitrogens with zero attached hydrogens (tertiary/aromatic N) is 3. The van der Waals surface area contributed by atoms with Crippen molar-refractivity contribution < 1.29 is 9.53 Å². The molecule has 0 unspecified atom stereocenters. The minimum Gasteiger partial charge on any atom is -0.383 e. The zero-order valence-electron chi connectivity index (χ0n) is 16.2. The highest BCUT2D eigenvalue weighted by Crippen LogP contribution is 2.23. The van der Waals surface area contributed by atoms with Gasteiger partial charge in [-0.2, -0.15) is 0 Å². The SMILES string of the molecule is COCCn1c(SCC(=O)NCCc2cccc(Cl)c2)nnc1-c1ccccc1. The average Bonchev–Trinajstić information content (AvgIpc) is 3.14. The Morgan fingerprint density at radius 2 is 2.00 bits per heavy atom. The van der Waals surface area contributed by atoms with Crippen molar-refractivity contribution in [3.63, 3.8) is 0 Å². The number of halogens is 1. The number of carbonyl (C=O) groups excluding carboxylic acids is 1. The number of hydrogen-bond donors (Lipinski definition) is 1. The highest BCUT2D eigenvalue weighted by atomic mass is 35.5. The fraction of sp³-hybridized carbons (Fsp3) is 0.286. The Morgan fingerprint density at radius 3 is 2.76 bits per heavy atom. The van der Waals surface area contributed by atoms with Gasteiger partial charge in [0.15, 0.2) is 11.0 Å². The van der Waals surface area contributed by atoms with E-state index in [0.29, 0.717) is 29.9 Å². The molecule has 0 aliphatic rings. The second kappa shape index (κ2) is 11.0. The molecule has 2 aromatic carbocycles. The van der Waals surface area contributed by atoms with Gasteiger partial charge in [-0.15, -0.1) is 10.2 Å². The number of nitrogens with one attached hydrogen (secondary N) is 1. The van der Waals surface area contributed by atoms with E-state index in [1.54, 1.807) is 7.11 Å². The molecule has 1 heterocycles. The largest absolute Gasteiger partial charge is 0.383 e. The van der Waals surface area contributed by atoms with Crippen LogP contribution in [0.4, 0.5) is 0 Å². The number of amides is 1. The van der Waals surface area contributed by atoms with Gasteiger partial charge in [0.25, 0.3) is 0 Å². The fourth-order valence-electron chi connectivity index (χ4n) is 2.80. The standard InChI is InChI=1S/C21H23ClN4O2S/c1-28-13-12-26-20(17-7-3-2-4-8-17)24-25-21(26)29-15-19(27)23-11-10-16-6-5-9-18(22)14-16/h2-9,14H,10-13,15H2,1H3,(H,23,27). The van der Waals surface area contributed by atoms with E-state index in [1.165, 1.54) is 11.8 Å². The highest BCUT2D eigenvalue weighted by molar-refractivity contribution is 7.99. The van der Waals surface area contributed by atoms with Gasteiger partial charge in [0, 0.05) is 24.2 Å². The molecule has 0 saturated heterocycles. The molecular weight excluding hydrogens is 408 g/mol. The van der Waals surface area contributed by atoms with E-state index in [0.717, 1.165) is 23.4 Å².